The maximum Gasteiger partial charge on any atom is 0.220 e. The average molecular weight is 539 g/mol. The lowest BCUT2D eigenvalue weighted by atomic mass is 10.0. The molecule has 2 aromatic heterocycles. The monoisotopic (exact) mass is 538 g/mol. The van der Waals surface area contributed by atoms with Gasteiger partial charge in [0.2, 0.25) is 5.91 Å². The van der Waals surface area contributed by atoms with Gasteiger partial charge in [-0.3, -0.25) is 14.5 Å². The van der Waals surface area contributed by atoms with Crippen molar-refractivity contribution in [3.63, 3.8) is 0 Å². The fraction of sp³-hybridized carbons (Fsp3) is 0.333. The summed E-state index contributed by atoms with van der Waals surface area (Å²) in [7, 11) is 3.47. The number of carbonyl (C=O) groups excluding carboxylic acids is 1. The topological polar surface area (TPSA) is 85.2 Å². The minimum absolute atomic E-state index is 0.0285. The molecule has 5 rings (SSSR count). The van der Waals surface area contributed by atoms with Gasteiger partial charge in [0.15, 0.2) is 5.82 Å². The van der Waals surface area contributed by atoms with Gasteiger partial charge in [-0.05, 0) is 61.6 Å². The largest absolute Gasteiger partial charge is 0.495 e. The van der Waals surface area contributed by atoms with E-state index in [2.05, 4.69) is 33.3 Å². The van der Waals surface area contributed by atoms with Gasteiger partial charge in [-0.1, -0.05) is 23.2 Å². The number of anilines is 1. The fourth-order valence-electron chi connectivity index (χ4n) is 4.76. The van der Waals surface area contributed by atoms with E-state index in [9.17, 15) is 4.79 Å². The van der Waals surface area contributed by atoms with Crippen molar-refractivity contribution in [2.45, 2.75) is 38.6 Å². The molecule has 1 saturated heterocycles. The van der Waals surface area contributed by atoms with Crippen LogP contribution in [0.15, 0.2) is 48.1 Å². The lowest BCUT2D eigenvalue weighted by Gasteiger charge is -2.32. The fourth-order valence-corrected chi connectivity index (χ4v) is 5.39. The van der Waals surface area contributed by atoms with Crippen molar-refractivity contribution < 1.29 is 9.53 Å². The van der Waals surface area contributed by atoms with E-state index in [0.717, 1.165) is 52.4 Å². The van der Waals surface area contributed by atoms with Gasteiger partial charge >= 0.3 is 0 Å². The molecule has 4 heterocycles. The van der Waals surface area contributed by atoms with Crippen molar-refractivity contribution in [2.24, 2.45) is 7.05 Å². The predicted octanol–water partition coefficient (Wildman–Crippen LogP) is 5.21. The SMILES string of the molecule is COc1ccc(Cl)c(CCC(C)=C2C=Cc3ncc(-c4cnn(C)c4)nc3N2CC2CCC(=O)N2)c1Cl. The standard InChI is InChI=1S/C27H28Cl2N6O2/c1-16(4-6-19-20(28)7-10-24(37-3)26(19)29)23-9-8-21-27(35(23)15-18-5-11-25(36)32-18)33-22(13-30-21)17-12-31-34(2)14-17/h7-10,12-14,18H,4-6,11,15H2,1-3H3,(H,32,36). The summed E-state index contributed by atoms with van der Waals surface area (Å²) in [5.41, 5.74) is 5.46. The van der Waals surface area contributed by atoms with Crippen LogP contribution < -0.4 is 15.0 Å². The van der Waals surface area contributed by atoms with Crippen LogP contribution in [0.4, 0.5) is 5.82 Å². The van der Waals surface area contributed by atoms with E-state index in [1.54, 1.807) is 30.3 Å². The Morgan fingerprint density at radius 3 is 2.78 bits per heavy atom. The minimum atomic E-state index is 0.0285. The molecule has 10 heteroatoms. The van der Waals surface area contributed by atoms with E-state index in [0.29, 0.717) is 35.2 Å². The van der Waals surface area contributed by atoms with E-state index >= 15 is 0 Å². The zero-order chi connectivity index (χ0) is 26.1. The van der Waals surface area contributed by atoms with Crippen LogP contribution in [0.1, 0.15) is 37.4 Å². The second kappa shape index (κ2) is 10.6. The number of nitrogens with zero attached hydrogens (tertiary/aromatic N) is 5. The molecule has 1 N–H and O–H groups in total. The molecule has 3 aromatic rings. The molecule has 0 bridgehead atoms. The molecule has 0 saturated carbocycles. The van der Waals surface area contributed by atoms with Gasteiger partial charge in [0, 0.05) is 48.5 Å². The Morgan fingerprint density at radius 2 is 2.08 bits per heavy atom. The maximum absolute atomic E-state index is 11.9. The Morgan fingerprint density at radius 1 is 1.24 bits per heavy atom. The molecule has 192 valence electrons. The number of hydrogen-bond acceptors (Lipinski definition) is 6. The molecule has 1 fully saturated rings. The Bertz CT molecular complexity index is 1410. The first-order valence-corrected chi connectivity index (χ1v) is 12.9. The normalized spacial score (nSPS) is 18.1. The first-order valence-electron chi connectivity index (χ1n) is 12.2. The number of carbonyl (C=O) groups is 1. The van der Waals surface area contributed by atoms with Crippen LogP contribution in [0.5, 0.6) is 5.75 Å². The first-order chi connectivity index (χ1) is 17.8. The van der Waals surface area contributed by atoms with Crippen molar-refractivity contribution in [1.82, 2.24) is 25.1 Å². The molecule has 1 unspecified atom stereocenters. The highest BCUT2D eigenvalue weighted by atomic mass is 35.5. The number of hydrogen-bond donors (Lipinski definition) is 1. The van der Waals surface area contributed by atoms with Crippen LogP contribution in [0.3, 0.4) is 0 Å². The Kier molecular flexibility index (Phi) is 7.22. The third kappa shape index (κ3) is 5.22. The summed E-state index contributed by atoms with van der Waals surface area (Å²) >= 11 is 13.1. The van der Waals surface area contributed by atoms with Gasteiger partial charge < -0.3 is 15.0 Å². The van der Waals surface area contributed by atoms with Crippen LogP contribution in [0.25, 0.3) is 17.3 Å². The lowest BCUT2D eigenvalue weighted by Crippen LogP contribution is -2.40. The summed E-state index contributed by atoms with van der Waals surface area (Å²) in [5.74, 6) is 1.45. The summed E-state index contributed by atoms with van der Waals surface area (Å²) in [6.07, 6.45) is 12.2. The van der Waals surface area contributed by atoms with E-state index in [-0.39, 0.29) is 11.9 Å². The zero-order valence-electron chi connectivity index (χ0n) is 21.0. The van der Waals surface area contributed by atoms with Crippen LogP contribution in [0.2, 0.25) is 10.0 Å². The van der Waals surface area contributed by atoms with Crippen molar-refractivity contribution in [2.75, 3.05) is 18.6 Å². The number of fused-ring (bicyclic) bond motifs is 1. The highest BCUT2D eigenvalue weighted by molar-refractivity contribution is 6.37. The molecule has 0 aliphatic carbocycles. The Hall–Kier alpha value is -3.36. The zero-order valence-corrected chi connectivity index (χ0v) is 22.5. The van der Waals surface area contributed by atoms with Crippen molar-refractivity contribution >= 4 is 41.0 Å². The number of aryl methyl sites for hydroxylation is 1. The Balaban J connectivity index is 1.49. The summed E-state index contributed by atoms with van der Waals surface area (Å²) in [6.45, 7) is 2.70. The van der Waals surface area contributed by atoms with E-state index in [1.807, 2.05) is 25.4 Å². The van der Waals surface area contributed by atoms with Gasteiger partial charge in [0.1, 0.15) is 11.4 Å². The number of aromatic nitrogens is 4. The lowest BCUT2D eigenvalue weighted by molar-refractivity contribution is -0.119. The summed E-state index contributed by atoms with van der Waals surface area (Å²) in [4.78, 5) is 23.8. The van der Waals surface area contributed by atoms with Crippen LogP contribution >= 0.6 is 23.2 Å². The number of allylic oxidation sites excluding steroid dienone is 2. The van der Waals surface area contributed by atoms with Gasteiger partial charge in [0.05, 0.1) is 30.2 Å². The minimum Gasteiger partial charge on any atom is -0.495 e. The molecule has 8 nitrogen and oxygen atoms in total. The molecule has 1 amide bonds. The molecule has 0 radical (unpaired) electrons. The molecule has 1 aromatic carbocycles. The van der Waals surface area contributed by atoms with E-state index < -0.39 is 0 Å². The van der Waals surface area contributed by atoms with E-state index in [4.69, 9.17) is 32.9 Å². The highest BCUT2D eigenvalue weighted by Gasteiger charge is 2.29. The summed E-state index contributed by atoms with van der Waals surface area (Å²) < 4.78 is 7.12. The molecule has 1 atom stereocenters. The third-order valence-corrected chi connectivity index (χ3v) is 7.54. The van der Waals surface area contributed by atoms with Crippen LogP contribution in [0, 0.1) is 0 Å². The molecule has 37 heavy (non-hydrogen) atoms. The number of rotatable bonds is 7. The third-order valence-electron chi connectivity index (χ3n) is 6.77. The van der Waals surface area contributed by atoms with Crippen LogP contribution in [-0.4, -0.2) is 45.4 Å². The Labute approximate surface area is 226 Å². The number of halogens is 2. The van der Waals surface area contributed by atoms with Crippen molar-refractivity contribution in [1.29, 1.82) is 0 Å². The second-order valence-corrected chi connectivity index (χ2v) is 10.1. The molecular formula is C27H28Cl2N6O2. The number of nitrogens with one attached hydrogen (secondary N) is 1. The molecule has 2 aliphatic rings. The van der Waals surface area contributed by atoms with Crippen molar-refractivity contribution in [3.05, 3.63) is 69.4 Å². The van der Waals surface area contributed by atoms with Crippen LogP contribution in [-0.2, 0) is 18.3 Å². The quantitative estimate of drug-likeness (QED) is 0.444. The highest BCUT2D eigenvalue weighted by Crippen LogP contribution is 2.36. The summed E-state index contributed by atoms with van der Waals surface area (Å²) in [5, 5.41) is 8.51. The maximum atomic E-state index is 11.9. The van der Waals surface area contributed by atoms with E-state index in [1.165, 1.54) is 0 Å². The van der Waals surface area contributed by atoms with Gasteiger partial charge in [-0.2, -0.15) is 5.10 Å². The summed E-state index contributed by atoms with van der Waals surface area (Å²) in [6, 6.07) is 3.61. The average Bonchev–Trinajstić information content (AvgIpc) is 3.51. The number of ether oxygens (including phenoxy) is 1. The van der Waals surface area contributed by atoms with Gasteiger partial charge in [-0.25, -0.2) is 4.98 Å². The predicted molar refractivity (Wildman–Crippen MR) is 146 cm³/mol. The van der Waals surface area contributed by atoms with Gasteiger partial charge in [0.25, 0.3) is 0 Å². The van der Waals surface area contributed by atoms with Gasteiger partial charge in [-0.15, -0.1) is 0 Å². The van der Waals surface area contributed by atoms with Crippen molar-refractivity contribution in [3.8, 4) is 17.0 Å². The molecule has 2 aliphatic heterocycles. The second-order valence-electron chi connectivity index (χ2n) is 9.32. The number of methoxy groups -OCH3 is 1. The first kappa shape index (κ1) is 25.3. The molecular weight excluding hydrogens is 511 g/mol. The smallest absolute Gasteiger partial charge is 0.220 e. The number of amides is 1. The number of benzene rings is 1. The molecule has 0 spiro atoms.